The van der Waals surface area contributed by atoms with Crippen molar-refractivity contribution in [3.63, 3.8) is 0 Å². The normalized spacial score (nSPS) is 10.0. The van der Waals surface area contributed by atoms with Gasteiger partial charge >= 0.3 is 0 Å². The first-order valence-electron chi connectivity index (χ1n) is 3.26. The Hall–Kier alpha value is -0.410. The molecule has 1 aromatic heterocycles. The van der Waals surface area contributed by atoms with Gasteiger partial charge in [-0.05, 0) is 17.7 Å². The van der Waals surface area contributed by atoms with Crippen LogP contribution >= 0.6 is 23.4 Å². The second-order valence-electron chi connectivity index (χ2n) is 1.91. The molecule has 0 radical (unpaired) electrons. The van der Waals surface area contributed by atoms with Gasteiger partial charge in [-0.15, -0.1) is 4.73 Å². The van der Waals surface area contributed by atoms with Crippen LogP contribution in [-0.4, -0.2) is 5.75 Å². The van der Waals surface area contributed by atoms with Crippen LogP contribution in [0, 0.1) is 5.21 Å². The molecule has 0 N–H and O–H groups in total. The molecule has 2 nitrogen and oxygen atoms in total. The highest BCUT2D eigenvalue weighted by Gasteiger charge is 2.06. The highest BCUT2D eigenvalue weighted by Crippen LogP contribution is 2.14. The monoisotopic (exact) mass is 189 g/mol. The van der Waals surface area contributed by atoms with E-state index in [1.165, 1.54) is 11.8 Å². The highest BCUT2D eigenvalue weighted by atomic mass is 35.5. The van der Waals surface area contributed by atoms with Gasteiger partial charge in [-0.3, -0.25) is 0 Å². The van der Waals surface area contributed by atoms with E-state index < -0.39 is 0 Å². The molecule has 4 heteroatoms. The van der Waals surface area contributed by atoms with Crippen molar-refractivity contribution in [2.75, 3.05) is 5.75 Å². The van der Waals surface area contributed by atoms with Crippen LogP contribution in [0.25, 0.3) is 0 Å². The Kier molecular flexibility index (Phi) is 3.02. The Morgan fingerprint density at radius 1 is 1.64 bits per heavy atom. The molecule has 0 aliphatic rings. The van der Waals surface area contributed by atoms with E-state index in [1.54, 1.807) is 18.2 Å². The van der Waals surface area contributed by atoms with Gasteiger partial charge in [0.25, 0.3) is 10.2 Å². The number of aromatic nitrogens is 1. The Labute approximate surface area is 74.8 Å². The zero-order valence-electron chi connectivity index (χ0n) is 6.08. The summed E-state index contributed by atoms with van der Waals surface area (Å²) in [6.45, 7) is 1.99. The average molecular weight is 190 g/mol. The second-order valence-corrected chi connectivity index (χ2v) is 3.59. The van der Waals surface area contributed by atoms with E-state index in [4.69, 9.17) is 11.6 Å². The quantitative estimate of drug-likeness (QED) is 0.308. The summed E-state index contributed by atoms with van der Waals surface area (Å²) >= 11 is 7.07. The first kappa shape index (κ1) is 8.68. The Balaban J connectivity index is 2.96. The fourth-order valence-electron chi connectivity index (χ4n) is 0.705. The molecule has 0 saturated carbocycles. The zero-order chi connectivity index (χ0) is 8.27. The van der Waals surface area contributed by atoms with Gasteiger partial charge in [0.2, 0.25) is 0 Å². The van der Waals surface area contributed by atoms with Crippen LogP contribution < -0.4 is 4.73 Å². The van der Waals surface area contributed by atoms with Crippen LogP contribution in [0.2, 0.25) is 5.15 Å². The summed E-state index contributed by atoms with van der Waals surface area (Å²) in [5.74, 6) is 0.878. The topological polar surface area (TPSA) is 26.9 Å². The Morgan fingerprint density at radius 2 is 2.36 bits per heavy atom. The van der Waals surface area contributed by atoms with Gasteiger partial charge in [-0.2, -0.15) is 0 Å². The molecule has 1 aromatic rings. The van der Waals surface area contributed by atoms with Crippen LogP contribution in [0.5, 0.6) is 0 Å². The van der Waals surface area contributed by atoms with Crippen molar-refractivity contribution >= 4 is 23.4 Å². The molecule has 1 rings (SSSR count). The number of hydrogen-bond acceptors (Lipinski definition) is 2. The molecule has 60 valence electrons. The number of hydrogen-bond donors (Lipinski definition) is 0. The largest absolute Gasteiger partial charge is 0.617 e. The maximum atomic E-state index is 11.1. The smallest absolute Gasteiger partial charge is 0.287 e. The summed E-state index contributed by atoms with van der Waals surface area (Å²) in [6, 6.07) is 5.11. The number of thioether (sulfide) groups is 1. The number of nitrogens with zero attached hydrogens (tertiary/aromatic N) is 1. The minimum Gasteiger partial charge on any atom is -0.617 e. The molecule has 0 aromatic carbocycles. The molecule has 0 bridgehead atoms. The summed E-state index contributed by atoms with van der Waals surface area (Å²) in [5, 5.41) is 12.0. The van der Waals surface area contributed by atoms with Crippen molar-refractivity contribution in [2.24, 2.45) is 0 Å². The standard InChI is InChI=1S/C7H8ClNOS/c1-2-11-7-5-3-4-6(8)9(7)10/h3-5H,2H2,1H3. The number of pyridine rings is 1. The maximum Gasteiger partial charge on any atom is 0.287 e. The van der Waals surface area contributed by atoms with Crippen molar-refractivity contribution in [1.82, 2.24) is 0 Å². The molecule has 0 saturated heterocycles. The summed E-state index contributed by atoms with van der Waals surface area (Å²) in [7, 11) is 0. The van der Waals surface area contributed by atoms with Gasteiger partial charge in [-0.25, -0.2) is 0 Å². The summed E-state index contributed by atoms with van der Waals surface area (Å²) in [5.41, 5.74) is 0. The second kappa shape index (κ2) is 3.83. The third-order valence-electron chi connectivity index (χ3n) is 1.16. The van der Waals surface area contributed by atoms with Crippen LogP contribution in [-0.2, 0) is 0 Å². The predicted molar refractivity (Wildman–Crippen MR) is 46.8 cm³/mol. The lowest BCUT2D eigenvalue weighted by Crippen LogP contribution is -2.30. The third kappa shape index (κ3) is 2.01. The Bertz CT molecular complexity index is 254. The zero-order valence-corrected chi connectivity index (χ0v) is 7.65. The van der Waals surface area contributed by atoms with Crippen LogP contribution in [0.1, 0.15) is 6.92 Å². The first-order valence-corrected chi connectivity index (χ1v) is 4.63. The molecule has 0 aliphatic heterocycles. The summed E-state index contributed by atoms with van der Waals surface area (Å²) in [6.07, 6.45) is 0. The van der Waals surface area contributed by atoms with Crippen LogP contribution in [0.4, 0.5) is 0 Å². The van der Waals surface area contributed by atoms with E-state index in [1.807, 2.05) is 6.92 Å². The number of halogens is 1. The predicted octanol–water partition coefficient (Wildman–Crippen LogP) is 2.09. The van der Waals surface area contributed by atoms with Crippen LogP contribution in [0.15, 0.2) is 23.2 Å². The van der Waals surface area contributed by atoms with E-state index in [2.05, 4.69) is 0 Å². The van der Waals surface area contributed by atoms with Crippen LogP contribution in [0.3, 0.4) is 0 Å². The van der Waals surface area contributed by atoms with Crippen molar-refractivity contribution in [2.45, 2.75) is 11.9 Å². The highest BCUT2D eigenvalue weighted by molar-refractivity contribution is 7.99. The molecular formula is C7H8ClNOS. The van der Waals surface area contributed by atoms with Crippen molar-refractivity contribution < 1.29 is 4.73 Å². The van der Waals surface area contributed by atoms with Gasteiger partial charge in [-0.1, -0.05) is 18.7 Å². The van der Waals surface area contributed by atoms with E-state index in [0.717, 1.165) is 10.5 Å². The summed E-state index contributed by atoms with van der Waals surface area (Å²) < 4.78 is 0.732. The molecule has 11 heavy (non-hydrogen) atoms. The summed E-state index contributed by atoms with van der Waals surface area (Å²) in [4.78, 5) is 0. The molecule has 0 amide bonds. The van der Waals surface area contributed by atoms with E-state index in [9.17, 15) is 5.21 Å². The van der Waals surface area contributed by atoms with Gasteiger partial charge < -0.3 is 5.21 Å². The third-order valence-corrected chi connectivity index (χ3v) is 2.32. The van der Waals surface area contributed by atoms with Crippen molar-refractivity contribution in [3.8, 4) is 0 Å². The lowest BCUT2D eigenvalue weighted by Gasteiger charge is -2.02. The van der Waals surface area contributed by atoms with E-state index in [-0.39, 0.29) is 5.15 Å². The lowest BCUT2D eigenvalue weighted by atomic mass is 10.5. The lowest BCUT2D eigenvalue weighted by molar-refractivity contribution is -0.643. The van der Waals surface area contributed by atoms with Crippen molar-refractivity contribution in [1.29, 1.82) is 0 Å². The van der Waals surface area contributed by atoms with Gasteiger partial charge in [0.15, 0.2) is 0 Å². The molecule has 1 heterocycles. The minimum atomic E-state index is 0.225. The fourth-order valence-corrected chi connectivity index (χ4v) is 1.61. The number of rotatable bonds is 2. The maximum absolute atomic E-state index is 11.1. The average Bonchev–Trinajstić information content (AvgIpc) is 1.99. The molecule has 0 unspecified atom stereocenters. The molecule has 0 fully saturated rings. The van der Waals surface area contributed by atoms with E-state index in [0.29, 0.717) is 5.03 Å². The van der Waals surface area contributed by atoms with Gasteiger partial charge in [0.1, 0.15) is 0 Å². The Morgan fingerprint density at radius 3 is 3.00 bits per heavy atom. The van der Waals surface area contributed by atoms with Gasteiger partial charge in [0, 0.05) is 17.9 Å². The fraction of sp³-hybridized carbons (Fsp3) is 0.286. The minimum absolute atomic E-state index is 0.225. The molecular weight excluding hydrogens is 182 g/mol. The van der Waals surface area contributed by atoms with E-state index >= 15 is 0 Å². The first-order chi connectivity index (χ1) is 5.25. The van der Waals surface area contributed by atoms with Gasteiger partial charge in [0.05, 0.1) is 0 Å². The van der Waals surface area contributed by atoms with Crippen molar-refractivity contribution in [3.05, 3.63) is 28.6 Å². The molecule has 0 aliphatic carbocycles. The molecule has 0 atom stereocenters. The molecule has 0 spiro atoms. The SMILES string of the molecule is CCSc1cccc(Cl)[n+]1[O-].